The summed E-state index contributed by atoms with van der Waals surface area (Å²) in [6, 6.07) is 10.3. The molecule has 1 aliphatic rings. The second-order valence-electron chi connectivity index (χ2n) is 5.45. The molecule has 1 N–H and O–H groups in total. The van der Waals surface area contributed by atoms with Gasteiger partial charge in [0, 0.05) is 25.7 Å². The van der Waals surface area contributed by atoms with Crippen LogP contribution in [-0.2, 0) is 6.42 Å². The van der Waals surface area contributed by atoms with Crippen molar-refractivity contribution in [2.75, 3.05) is 19.6 Å². The van der Waals surface area contributed by atoms with E-state index in [2.05, 4.69) is 52.4 Å². The number of carbonyl (C=O) groups excluding carboxylic acids is 1. The Morgan fingerprint density at radius 2 is 2.13 bits per heavy atom. The molecule has 1 saturated heterocycles. The largest absolute Gasteiger partial charge is 0.457 e. The molecule has 4 nitrogen and oxygen atoms in total. The first-order valence-corrected chi connectivity index (χ1v) is 8.33. The molecule has 2 aromatic rings. The van der Waals surface area contributed by atoms with Gasteiger partial charge in [-0.1, -0.05) is 31.2 Å². The lowest BCUT2D eigenvalue weighted by Crippen LogP contribution is -2.48. The van der Waals surface area contributed by atoms with Gasteiger partial charge in [-0.05, 0) is 33.5 Å². The second kappa shape index (κ2) is 7.99. The van der Waals surface area contributed by atoms with E-state index in [0.29, 0.717) is 16.8 Å². The van der Waals surface area contributed by atoms with Crippen LogP contribution in [0.15, 0.2) is 45.7 Å². The van der Waals surface area contributed by atoms with Gasteiger partial charge >= 0.3 is 0 Å². The molecule has 0 radical (unpaired) electrons. The highest BCUT2D eigenvalue weighted by molar-refractivity contribution is 9.10. The molecule has 0 aliphatic carbocycles. The molecule has 0 spiro atoms. The Hall–Kier alpha value is -1.30. The summed E-state index contributed by atoms with van der Waals surface area (Å²) in [5.74, 6) is 0.0144. The van der Waals surface area contributed by atoms with Crippen LogP contribution in [0, 0.1) is 0 Å². The van der Waals surface area contributed by atoms with Crippen molar-refractivity contribution < 1.29 is 9.21 Å². The van der Waals surface area contributed by atoms with Gasteiger partial charge in [0.05, 0.1) is 11.6 Å². The number of hydrogen-bond acceptors (Lipinski definition) is 3. The van der Waals surface area contributed by atoms with Crippen molar-refractivity contribution in [3.63, 3.8) is 0 Å². The van der Waals surface area contributed by atoms with E-state index in [1.807, 2.05) is 4.90 Å². The number of hydrogen-bond donors (Lipinski definition) is 1. The molecule has 0 saturated carbocycles. The number of aryl methyl sites for hydroxylation is 1. The van der Waals surface area contributed by atoms with Crippen LogP contribution >= 0.6 is 28.3 Å². The quantitative estimate of drug-likeness (QED) is 0.853. The SMILES string of the molecule is CCc1ccc(C2CNCCN2C(=O)c2coc(Br)c2)cc1.Cl. The zero-order valence-electron chi connectivity index (χ0n) is 12.9. The number of nitrogens with one attached hydrogen (secondary N) is 1. The summed E-state index contributed by atoms with van der Waals surface area (Å²) in [5.41, 5.74) is 3.06. The van der Waals surface area contributed by atoms with Crippen LogP contribution in [-0.4, -0.2) is 30.4 Å². The van der Waals surface area contributed by atoms with Crippen LogP contribution in [0.1, 0.15) is 34.5 Å². The van der Waals surface area contributed by atoms with Gasteiger partial charge in [-0.3, -0.25) is 4.79 Å². The minimum absolute atomic E-state index is 0. The first-order chi connectivity index (χ1) is 10.7. The van der Waals surface area contributed by atoms with E-state index in [-0.39, 0.29) is 24.4 Å². The monoisotopic (exact) mass is 398 g/mol. The van der Waals surface area contributed by atoms with E-state index in [9.17, 15) is 4.79 Å². The van der Waals surface area contributed by atoms with Gasteiger partial charge in [0.15, 0.2) is 4.67 Å². The van der Waals surface area contributed by atoms with Crippen LogP contribution < -0.4 is 5.32 Å². The van der Waals surface area contributed by atoms with Crippen LogP contribution in [0.2, 0.25) is 0 Å². The minimum Gasteiger partial charge on any atom is -0.457 e. The maximum atomic E-state index is 12.7. The minimum atomic E-state index is 0. The first-order valence-electron chi connectivity index (χ1n) is 7.53. The fraction of sp³-hybridized carbons (Fsp3) is 0.353. The Bertz CT molecular complexity index is 657. The van der Waals surface area contributed by atoms with E-state index >= 15 is 0 Å². The van der Waals surface area contributed by atoms with Crippen molar-refractivity contribution in [2.24, 2.45) is 0 Å². The fourth-order valence-corrected chi connectivity index (χ4v) is 3.15. The van der Waals surface area contributed by atoms with Crippen molar-refractivity contribution in [3.8, 4) is 0 Å². The molecule has 1 fully saturated rings. The fourth-order valence-electron chi connectivity index (χ4n) is 2.81. The topological polar surface area (TPSA) is 45.5 Å². The maximum Gasteiger partial charge on any atom is 0.257 e. The summed E-state index contributed by atoms with van der Waals surface area (Å²) in [6.07, 6.45) is 2.53. The van der Waals surface area contributed by atoms with Crippen molar-refractivity contribution in [1.29, 1.82) is 0 Å². The van der Waals surface area contributed by atoms with E-state index < -0.39 is 0 Å². The molecule has 6 heteroatoms. The smallest absolute Gasteiger partial charge is 0.257 e. The Morgan fingerprint density at radius 1 is 1.39 bits per heavy atom. The molecular weight excluding hydrogens is 380 g/mol. The van der Waals surface area contributed by atoms with Crippen molar-refractivity contribution in [3.05, 3.63) is 58.0 Å². The third-order valence-electron chi connectivity index (χ3n) is 4.09. The maximum absolute atomic E-state index is 12.7. The first kappa shape index (κ1) is 18.0. The lowest BCUT2D eigenvalue weighted by Gasteiger charge is -2.36. The zero-order chi connectivity index (χ0) is 15.5. The van der Waals surface area contributed by atoms with Crippen LogP contribution in [0.3, 0.4) is 0 Å². The molecular formula is C17H20BrClN2O2. The molecule has 1 atom stereocenters. The lowest BCUT2D eigenvalue weighted by atomic mass is 10.0. The lowest BCUT2D eigenvalue weighted by molar-refractivity contribution is 0.0633. The molecule has 3 rings (SSSR count). The number of carbonyl (C=O) groups is 1. The van der Waals surface area contributed by atoms with E-state index in [0.717, 1.165) is 19.5 Å². The summed E-state index contributed by atoms with van der Waals surface area (Å²) < 4.78 is 5.78. The van der Waals surface area contributed by atoms with Gasteiger partial charge in [0.25, 0.3) is 5.91 Å². The van der Waals surface area contributed by atoms with Crippen LogP contribution in [0.5, 0.6) is 0 Å². The Morgan fingerprint density at radius 3 is 2.74 bits per heavy atom. The zero-order valence-corrected chi connectivity index (χ0v) is 15.3. The molecule has 2 heterocycles. The highest BCUT2D eigenvalue weighted by atomic mass is 79.9. The summed E-state index contributed by atoms with van der Waals surface area (Å²) in [5, 5.41) is 3.38. The van der Waals surface area contributed by atoms with Gasteiger partial charge in [0.2, 0.25) is 0 Å². The van der Waals surface area contributed by atoms with Gasteiger partial charge in [-0.2, -0.15) is 0 Å². The van der Waals surface area contributed by atoms with Gasteiger partial charge in [-0.15, -0.1) is 12.4 Å². The normalized spacial score (nSPS) is 17.7. The predicted molar refractivity (Wildman–Crippen MR) is 96.1 cm³/mol. The van der Waals surface area contributed by atoms with Crippen LogP contribution in [0.4, 0.5) is 0 Å². The van der Waals surface area contributed by atoms with Crippen molar-refractivity contribution in [1.82, 2.24) is 10.2 Å². The molecule has 1 aromatic heterocycles. The number of amides is 1. The average molecular weight is 400 g/mol. The van der Waals surface area contributed by atoms with E-state index in [1.54, 1.807) is 6.07 Å². The molecule has 0 bridgehead atoms. The van der Waals surface area contributed by atoms with Crippen LogP contribution in [0.25, 0.3) is 0 Å². The summed E-state index contributed by atoms with van der Waals surface area (Å²) in [6.45, 7) is 4.43. The number of benzene rings is 1. The molecule has 1 aliphatic heterocycles. The summed E-state index contributed by atoms with van der Waals surface area (Å²) in [4.78, 5) is 14.7. The number of nitrogens with zero attached hydrogens (tertiary/aromatic N) is 1. The number of halogens is 2. The Labute approximate surface area is 150 Å². The molecule has 1 aromatic carbocycles. The van der Waals surface area contributed by atoms with Gasteiger partial charge in [0.1, 0.15) is 6.26 Å². The Balaban J connectivity index is 0.00000192. The third-order valence-corrected chi connectivity index (χ3v) is 4.51. The number of rotatable bonds is 3. The third kappa shape index (κ3) is 3.97. The standard InChI is InChI=1S/C17H19BrN2O2.ClH/c1-2-12-3-5-13(6-4-12)15-10-19-7-8-20(15)17(21)14-9-16(18)22-11-14;/h3-6,9,11,15,19H,2,7-8,10H2,1H3;1H. The second-order valence-corrected chi connectivity index (χ2v) is 6.23. The summed E-state index contributed by atoms with van der Waals surface area (Å²) in [7, 11) is 0. The predicted octanol–water partition coefficient (Wildman–Crippen LogP) is 3.81. The van der Waals surface area contributed by atoms with Crippen molar-refractivity contribution in [2.45, 2.75) is 19.4 Å². The van der Waals surface area contributed by atoms with Gasteiger partial charge in [-0.25, -0.2) is 0 Å². The van der Waals surface area contributed by atoms with Gasteiger partial charge < -0.3 is 14.6 Å². The average Bonchev–Trinajstić information content (AvgIpc) is 3.01. The molecule has 1 amide bonds. The van der Waals surface area contributed by atoms with E-state index in [1.165, 1.54) is 17.4 Å². The van der Waals surface area contributed by atoms with E-state index in [4.69, 9.17) is 4.42 Å². The number of furan rings is 1. The highest BCUT2D eigenvalue weighted by Crippen LogP contribution is 2.26. The summed E-state index contributed by atoms with van der Waals surface area (Å²) >= 11 is 3.25. The molecule has 124 valence electrons. The highest BCUT2D eigenvalue weighted by Gasteiger charge is 2.29. The molecule has 23 heavy (non-hydrogen) atoms. The molecule has 1 unspecified atom stereocenters. The number of piperazine rings is 1. The Kier molecular flexibility index (Phi) is 6.27. The van der Waals surface area contributed by atoms with Crippen molar-refractivity contribution >= 4 is 34.2 Å².